The van der Waals surface area contributed by atoms with E-state index in [1.165, 1.54) is 0 Å². The molecule has 5 amide bonds. The Kier molecular flexibility index (Phi) is 4.56. The van der Waals surface area contributed by atoms with Gasteiger partial charge in [0.05, 0.1) is 6.10 Å². The highest BCUT2D eigenvalue weighted by Gasteiger charge is 2.46. The Morgan fingerprint density at radius 3 is 2.57 bits per heavy atom. The van der Waals surface area contributed by atoms with Crippen LogP contribution in [0.15, 0.2) is 0 Å². The fourth-order valence-corrected chi connectivity index (χ4v) is 2.35. The first-order valence-corrected chi connectivity index (χ1v) is 6.99. The molecule has 0 spiro atoms. The van der Waals surface area contributed by atoms with E-state index in [0.29, 0.717) is 18.1 Å². The van der Waals surface area contributed by atoms with Gasteiger partial charge in [-0.05, 0) is 26.7 Å². The van der Waals surface area contributed by atoms with E-state index in [-0.39, 0.29) is 6.10 Å². The summed E-state index contributed by atoms with van der Waals surface area (Å²) in [5.74, 6) is -2.33. The molecule has 1 N–H and O–H groups in total. The van der Waals surface area contributed by atoms with E-state index in [1.54, 1.807) is 13.8 Å². The number of rotatable bonds is 5. The van der Waals surface area contributed by atoms with E-state index in [0.717, 1.165) is 17.7 Å². The molecular weight excluding hydrogens is 278 g/mol. The lowest BCUT2D eigenvalue weighted by molar-refractivity contribution is -0.144. The van der Waals surface area contributed by atoms with Crippen molar-refractivity contribution in [1.29, 1.82) is 0 Å². The number of amides is 5. The van der Waals surface area contributed by atoms with Crippen LogP contribution in [-0.4, -0.2) is 65.4 Å². The van der Waals surface area contributed by atoms with Crippen LogP contribution in [0.25, 0.3) is 0 Å². The molecule has 1 atom stereocenters. The maximum atomic E-state index is 12.0. The van der Waals surface area contributed by atoms with Gasteiger partial charge < -0.3 is 10.1 Å². The molecule has 0 aliphatic carbocycles. The second-order valence-electron chi connectivity index (χ2n) is 5.38. The summed E-state index contributed by atoms with van der Waals surface area (Å²) in [5.41, 5.74) is 0. The molecule has 0 aromatic heterocycles. The molecule has 8 heteroatoms. The Morgan fingerprint density at radius 1 is 1.33 bits per heavy atom. The lowest BCUT2D eigenvalue weighted by atomic mass is 10.2. The SMILES string of the molecule is CC(C)N1C(=O)C(=O)N(CC(=O)NC[C@@H]2CCCO2)C1=O. The van der Waals surface area contributed by atoms with Crippen LogP contribution in [0, 0.1) is 0 Å². The summed E-state index contributed by atoms with van der Waals surface area (Å²) in [4.78, 5) is 48.7. The van der Waals surface area contributed by atoms with Crippen molar-refractivity contribution in [2.45, 2.75) is 38.8 Å². The average Bonchev–Trinajstić information content (AvgIpc) is 3.00. The van der Waals surface area contributed by atoms with Crippen molar-refractivity contribution in [1.82, 2.24) is 15.1 Å². The molecule has 116 valence electrons. The van der Waals surface area contributed by atoms with E-state index >= 15 is 0 Å². The van der Waals surface area contributed by atoms with Gasteiger partial charge in [0, 0.05) is 19.2 Å². The Morgan fingerprint density at radius 2 is 2.05 bits per heavy atom. The van der Waals surface area contributed by atoms with Gasteiger partial charge in [0.1, 0.15) is 6.54 Å². The average molecular weight is 297 g/mol. The van der Waals surface area contributed by atoms with Crippen molar-refractivity contribution < 1.29 is 23.9 Å². The molecule has 0 bridgehead atoms. The monoisotopic (exact) mass is 297 g/mol. The lowest BCUT2D eigenvalue weighted by Crippen LogP contribution is -2.44. The van der Waals surface area contributed by atoms with Gasteiger partial charge in [-0.2, -0.15) is 0 Å². The van der Waals surface area contributed by atoms with Gasteiger partial charge >= 0.3 is 17.8 Å². The van der Waals surface area contributed by atoms with Gasteiger partial charge in [0.25, 0.3) is 0 Å². The highest BCUT2D eigenvalue weighted by Crippen LogP contribution is 2.15. The zero-order chi connectivity index (χ0) is 15.6. The number of nitrogens with one attached hydrogen (secondary N) is 1. The number of carbonyl (C=O) groups is 4. The molecule has 0 aromatic rings. The molecular formula is C13H19N3O5. The Bertz CT molecular complexity index is 470. The van der Waals surface area contributed by atoms with Crippen molar-refractivity contribution in [2.75, 3.05) is 19.7 Å². The highest BCUT2D eigenvalue weighted by atomic mass is 16.5. The summed E-state index contributed by atoms with van der Waals surface area (Å²) in [7, 11) is 0. The van der Waals surface area contributed by atoms with Gasteiger partial charge in [-0.1, -0.05) is 0 Å². The van der Waals surface area contributed by atoms with Crippen LogP contribution in [0.1, 0.15) is 26.7 Å². The molecule has 2 rings (SSSR count). The van der Waals surface area contributed by atoms with Gasteiger partial charge in [-0.15, -0.1) is 0 Å². The molecule has 0 radical (unpaired) electrons. The molecule has 21 heavy (non-hydrogen) atoms. The normalized spacial score (nSPS) is 22.6. The number of urea groups is 1. The van der Waals surface area contributed by atoms with Gasteiger partial charge in [0.2, 0.25) is 5.91 Å². The van der Waals surface area contributed by atoms with Crippen molar-refractivity contribution in [3.63, 3.8) is 0 Å². The summed E-state index contributed by atoms with van der Waals surface area (Å²) in [6, 6.07) is -1.17. The molecule has 0 saturated carbocycles. The van der Waals surface area contributed by atoms with Crippen LogP contribution < -0.4 is 5.32 Å². The van der Waals surface area contributed by atoms with E-state index < -0.39 is 36.3 Å². The van der Waals surface area contributed by atoms with Crippen LogP contribution >= 0.6 is 0 Å². The highest BCUT2D eigenvalue weighted by molar-refractivity contribution is 6.45. The lowest BCUT2D eigenvalue weighted by Gasteiger charge is -2.18. The second-order valence-corrected chi connectivity index (χ2v) is 5.38. The Hall–Kier alpha value is -1.96. The maximum Gasteiger partial charge on any atom is 0.334 e. The van der Waals surface area contributed by atoms with E-state index in [2.05, 4.69) is 5.32 Å². The third-order valence-electron chi connectivity index (χ3n) is 3.45. The second kappa shape index (κ2) is 6.21. The first-order chi connectivity index (χ1) is 9.91. The number of carbonyl (C=O) groups excluding carboxylic acids is 4. The first-order valence-electron chi connectivity index (χ1n) is 6.99. The van der Waals surface area contributed by atoms with Gasteiger partial charge in [-0.3, -0.25) is 19.3 Å². The van der Waals surface area contributed by atoms with Crippen LogP contribution in [0.5, 0.6) is 0 Å². The molecule has 2 saturated heterocycles. The molecule has 2 aliphatic rings. The van der Waals surface area contributed by atoms with Crippen molar-refractivity contribution in [3.8, 4) is 0 Å². The quantitative estimate of drug-likeness (QED) is 0.544. The topological polar surface area (TPSA) is 96.0 Å². The molecule has 2 fully saturated rings. The van der Waals surface area contributed by atoms with Gasteiger partial charge in [0.15, 0.2) is 0 Å². The first kappa shape index (κ1) is 15.4. The number of hydrogen-bond donors (Lipinski definition) is 1. The number of ether oxygens (including phenoxy) is 1. The summed E-state index contributed by atoms with van der Waals surface area (Å²) < 4.78 is 5.36. The standard InChI is InChI=1S/C13H19N3O5/c1-8(2)16-12(19)11(18)15(13(16)20)7-10(17)14-6-9-4-3-5-21-9/h8-9H,3-7H2,1-2H3,(H,14,17)/t9-/m0/s1. The van der Waals surface area contributed by atoms with Gasteiger partial charge in [-0.25, -0.2) is 9.69 Å². The summed E-state index contributed by atoms with van der Waals surface area (Å²) in [6.45, 7) is 3.84. The fraction of sp³-hybridized carbons (Fsp3) is 0.692. The predicted octanol–water partition coefficient (Wildman–Crippen LogP) is -0.519. The van der Waals surface area contributed by atoms with Crippen molar-refractivity contribution in [3.05, 3.63) is 0 Å². The van der Waals surface area contributed by atoms with Crippen LogP contribution in [0.4, 0.5) is 4.79 Å². The minimum Gasteiger partial charge on any atom is -0.376 e. The molecule has 2 aliphatic heterocycles. The van der Waals surface area contributed by atoms with Crippen LogP contribution in [0.3, 0.4) is 0 Å². The van der Waals surface area contributed by atoms with Crippen LogP contribution in [0.2, 0.25) is 0 Å². The summed E-state index contributed by atoms with van der Waals surface area (Å²) in [6.07, 6.45) is 1.82. The third-order valence-corrected chi connectivity index (χ3v) is 3.45. The van der Waals surface area contributed by atoms with E-state index in [1.807, 2.05) is 0 Å². The van der Waals surface area contributed by atoms with Crippen LogP contribution in [-0.2, 0) is 19.1 Å². The summed E-state index contributed by atoms with van der Waals surface area (Å²) in [5, 5.41) is 2.61. The summed E-state index contributed by atoms with van der Waals surface area (Å²) >= 11 is 0. The molecule has 0 aromatic carbocycles. The predicted molar refractivity (Wildman–Crippen MR) is 71.1 cm³/mol. The van der Waals surface area contributed by atoms with E-state index in [9.17, 15) is 19.2 Å². The van der Waals surface area contributed by atoms with Crippen molar-refractivity contribution >= 4 is 23.8 Å². The maximum absolute atomic E-state index is 12.0. The fourth-order valence-electron chi connectivity index (χ4n) is 2.35. The molecule has 0 unspecified atom stereocenters. The number of nitrogens with zero attached hydrogens (tertiary/aromatic N) is 2. The molecule has 2 heterocycles. The van der Waals surface area contributed by atoms with E-state index in [4.69, 9.17) is 4.74 Å². The minimum absolute atomic E-state index is 0.0206. The smallest absolute Gasteiger partial charge is 0.334 e. The van der Waals surface area contributed by atoms with Crippen molar-refractivity contribution in [2.24, 2.45) is 0 Å². The Labute approximate surface area is 122 Å². The Balaban J connectivity index is 1.89. The zero-order valence-corrected chi connectivity index (χ0v) is 12.1. The molecule has 8 nitrogen and oxygen atoms in total. The largest absolute Gasteiger partial charge is 0.376 e. The third kappa shape index (κ3) is 3.21. The minimum atomic E-state index is -0.957. The number of hydrogen-bond acceptors (Lipinski definition) is 5. The number of imide groups is 2. The zero-order valence-electron chi connectivity index (χ0n) is 12.1.